The van der Waals surface area contributed by atoms with Crippen molar-refractivity contribution in [2.45, 2.75) is 19.3 Å². The smallest absolute Gasteiger partial charge is 0.261 e. The van der Waals surface area contributed by atoms with E-state index in [1.165, 1.54) is 11.1 Å². The van der Waals surface area contributed by atoms with Crippen molar-refractivity contribution in [2.24, 2.45) is 0 Å². The molecule has 0 radical (unpaired) electrons. The summed E-state index contributed by atoms with van der Waals surface area (Å²) in [6, 6.07) is 1.61. The first-order chi connectivity index (χ1) is 8.74. The van der Waals surface area contributed by atoms with Crippen LogP contribution >= 0.6 is 11.3 Å². The lowest BCUT2D eigenvalue weighted by molar-refractivity contribution is 0.102. The molecule has 2 aromatic heterocycles. The molecule has 5 nitrogen and oxygen atoms in total. The number of fused-ring (bicyclic) bond motifs is 1. The predicted octanol–water partition coefficient (Wildman–Crippen LogP) is 1.86. The zero-order chi connectivity index (χ0) is 12.5. The number of rotatable bonds is 2. The van der Waals surface area contributed by atoms with Crippen LogP contribution in [-0.4, -0.2) is 15.9 Å². The molecule has 0 aromatic carbocycles. The molecular formula is C12H12N4OS. The first-order valence-corrected chi connectivity index (χ1v) is 6.55. The second-order valence-electron chi connectivity index (χ2n) is 4.16. The predicted molar refractivity (Wildman–Crippen MR) is 70.7 cm³/mol. The van der Waals surface area contributed by atoms with Crippen LogP contribution < -0.4 is 11.1 Å². The third-order valence-electron chi connectivity index (χ3n) is 2.92. The summed E-state index contributed by atoms with van der Waals surface area (Å²) >= 11 is 1.55. The SMILES string of the molecule is Nc1ccncc1C(=O)Nc1nc2c(s1)CCC2. The van der Waals surface area contributed by atoms with Crippen molar-refractivity contribution in [1.82, 2.24) is 9.97 Å². The number of carbonyl (C=O) groups excluding carboxylic acids is 1. The highest BCUT2D eigenvalue weighted by Gasteiger charge is 2.18. The molecule has 1 aliphatic rings. The number of aromatic nitrogens is 2. The van der Waals surface area contributed by atoms with E-state index < -0.39 is 0 Å². The lowest BCUT2D eigenvalue weighted by Gasteiger charge is -2.03. The van der Waals surface area contributed by atoms with Gasteiger partial charge in [-0.15, -0.1) is 11.3 Å². The molecule has 3 N–H and O–H groups in total. The van der Waals surface area contributed by atoms with Gasteiger partial charge < -0.3 is 5.73 Å². The average molecular weight is 260 g/mol. The highest BCUT2D eigenvalue weighted by molar-refractivity contribution is 7.16. The molecule has 18 heavy (non-hydrogen) atoms. The van der Waals surface area contributed by atoms with Crippen LogP contribution in [0.2, 0.25) is 0 Å². The number of carbonyl (C=O) groups is 1. The fourth-order valence-electron chi connectivity index (χ4n) is 2.00. The molecular weight excluding hydrogens is 248 g/mol. The van der Waals surface area contributed by atoms with E-state index in [1.54, 1.807) is 23.6 Å². The third-order valence-corrected chi connectivity index (χ3v) is 3.99. The Kier molecular flexibility index (Phi) is 2.71. The van der Waals surface area contributed by atoms with Crippen molar-refractivity contribution in [3.05, 3.63) is 34.6 Å². The maximum absolute atomic E-state index is 12.0. The van der Waals surface area contributed by atoms with Crippen LogP contribution in [0.3, 0.4) is 0 Å². The number of pyridine rings is 1. The number of nitrogens with zero attached hydrogens (tertiary/aromatic N) is 2. The Morgan fingerprint density at radius 3 is 3.11 bits per heavy atom. The van der Waals surface area contributed by atoms with Gasteiger partial charge in [-0.05, 0) is 25.3 Å². The Morgan fingerprint density at radius 1 is 1.44 bits per heavy atom. The molecule has 2 aromatic rings. The van der Waals surface area contributed by atoms with Crippen LogP contribution in [0.1, 0.15) is 27.3 Å². The molecule has 0 bridgehead atoms. The first kappa shape index (κ1) is 11.2. The summed E-state index contributed by atoms with van der Waals surface area (Å²) in [5.41, 5.74) is 7.65. The number of anilines is 2. The van der Waals surface area contributed by atoms with Crippen LogP contribution in [0.25, 0.3) is 0 Å². The number of nitrogen functional groups attached to an aromatic ring is 1. The lowest BCUT2D eigenvalue weighted by Crippen LogP contribution is -2.14. The third kappa shape index (κ3) is 1.95. The topological polar surface area (TPSA) is 80.9 Å². The minimum Gasteiger partial charge on any atom is -0.398 e. The monoisotopic (exact) mass is 260 g/mol. The molecule has 0 atom stereocenters. The van der Waals surface area contributed by atoms with Gasteiger partial charge in [-0.3, -0.25) is 15.1 Å². The van der Waals surface area contributed by atoms with Gasteiger partial charge in [0, 0.05) is 23.0 Å². The summed E-state index contributed by atoms with van der Waals surface area (Å²) in [6.45, 7) is 0. The van der Waals surface area contributed by atoms with Gasteiger partial charge in [0.15, 0.2) is 5.13 Å². The fourth-order valence-corrected chi connectivity index (χ4v) is 3.05. The van der Waals surface area contributed by atoms with Crippen molar-refractivity contribution < 1.29 is 4.79 Å². The highest BCUT2D eigenvalue weighted by atomic mass is 32.1. The molecule has 0 saturated heterocycles. The Morgan fingerprint density at radius 2 is 2.33 bits per heavy atom. The van der Waals surface area contributed by atoms with Crippen molar-refractivity contribution in [1.29, 1.82) is 0 Å². The summed E-state index contributed by atoms with van der Waals surface area (Å²) in [4.78, 5) is 21.6. The standard InChI is InChI=1S/C12H12N4OS/c13-8-4-5-14-6-7(8)11(17)16-12-15-9-2-1-3-10(9)18-12/h4-6H,1-3H2,(H2,13,14)(H,15,16,17). The maximum Gasteiger partial charge on any atom is 0.261 e. The molecule has 0 unspecified atom stereocenters. The molecule has 3 rings (SSSR count). The summed E-state index contributed by atoms with van der Waals surface area (Å²) < 4.78 is 0. The van der Waals surface area contributed by atoms with Crippen molar-refractivity contribution in [2.75, 3.05) is 11.1 Å². The van der Waals surface area contributed by atoms with E-state index in [4.69, 9.17) is 5.73 Å². The van der Waals surface area contributed by atoms with Gasteiger partial charge in [-0.25, -0.2) is 4.98 Å². The minimum atomic E-state index is -0.256. The van der Waals surface area contributed by atoms with Crippen LogP contribution in [-0.2, 0) is 12.8 Å². The molecule has 0 spiro atoms. The number of thiazole rings is 1. The first-order valence-electron chi connectivity index (χ1n) is 5.73. The second-order valence-corrected chi connectivity index (χ2v) is 5.24. The van der Waals surface area contributed by atoms with Gasteiger partial charge in [-0.1, -0.05) is 0 Å². The van der Waals surface area contributed by atoms with Crippen molar-refractivity contribution in [3.63, 3.8) is 0 Å². The summed E-state index contributed by atoms with van der Waals surface area (Å²) in [5.74, 6) is -0.256. The van der Waals surface area contributed by atoms with Gasteiger partial charge >= 0.3 is 0 Å². The normalized spacial score (nSPS) is 13.3. The number of aryl methyl sites for hydroxylation is 2. The van der Waals surface area contributed by atoms with Crippen LogP contribution in [0, 0.1) is 0 Å². The quantitative estimate of drug-likeness (QED) is 0.863. The summed E-state index contributed by atoms with van der Waals surface area (Å²) in [5, 5.41) is 3.42. The van der Waals surface area contributed by atoms with E-state index in [0.717, 1.165) is 25.0 Å². The van der Waals surface area contributed by atoms with Crippen LogP contribution in [0.15, 0.2) is 18.5 Å². The lowest BCUT2D eigenvalue weighted by atomic mass is 10.2. The Labute approximate surface area is 108 Å². The molecule has 6 heteroatoms. The molecule has 1 amide bonds. The zero-order valence-corrected chi connectivity index (χ0v) is 10.5. The van der Waals surface area contributed by atoms with Gasteiger partial charge in [0.1, 0.15) is 0 Å². The van der Waals surface area contributed by atoms with E-state index in [0.29, 0.717) is 16.4 Å². The van der Waals surface area contributed by atoms with Crippen molar-refractivity contribution >= 4 is 28.1 Å². The minimum absolute atomic E-state index is 0.256. The number of hydrogen-bond acceptors (Lipinski definition) is 5. The van der Waals surface area contributed by atoms with E-state index in [2.05, 4.69) is 15.3 Å². The molecule has 1 aliphatic carbocycles. The number of nitrogens with one attached hydrogen (secondary N) is 1. The van der Waals surface area contributed by atoms with E-state index >= 15 is 0 Å². The maximum atomic E-state index is 12.0. The van der Waals surface area contributed by atoms with E-state index in [-0.39, 0.29) is 5.91 Å². The van der Waals surface area contributed by atoms with Gasteiger partial charge in [-0.2, -0.15) is 0 Å². The molecule has 0 fully saturated rings. The second kappa shape index (κ2) is 4.38. The molecule has 2 heterocycles. The zero-order valence-electron chi connectivity index (χ0n) is 9.64. The van der Waals surface area contributed by atoms with Gasteiger partial charge in [0.05, 0.1) is 11.3 Å². The summed E-state index contributed by atoms with van der Waals surface area (Å²) in [7, 11) is 0. The van der Waals surface area contributed by atoms with Crippen molar-refractivity contribution in [3.8, 4) is 0 Å². The number of amides is 1. The van der Waals surface area contributed by atoms with E-state index in [1.807, 2.05) is 0 Å². The largest absolute Gasteiger partial charge is 0.398 e. The Bertz CT molecular complexity index is 586. The molecule has 0 aliphatic heterocycles. The highest BCUT2D eigenvalue weighted by Crippen LogP contribution is 2.30. The van der Waals surface area contributed by atoms with Crippen LogP contribution in [0.5, 0.6) is 0 Å². The fraction of sp³-hybridized carbons (Fsp3) is 0.250. The molecule has 0 saturated carbocycles. The van der Waals surface area contributed by atoms with Gasteiger partial charge in [0.25, 0.3) is 5.91 Å². The number of nitrogens with two attached hydrogens (primary N) is 1. The Hall–Kier alpha value is -1.95. The Balaban J connectivity index is 1.80. The average Bonchev–Trinajstić information content (AvgIpc) is 2.90. The van der Waals surface area contributed by atoms with E-state index in [9.17, 15) is 4.79 Å². The molecule has 92 valence electrons. The van der Waals surface area contributed by atoms with Crippen LogP contribution in [0.4, 0.5) is 10.8 Å². The number of hydrogen-bond donors (Lipinski definition) is 2. The summed E-state index contributed by atoms with van der Waals surface area (Å²) in [6.07, 6.45) is 6.27. The van der Waals surface area contributed by atoms with Gasteiger partial charge in [0.2, 0.25) is 0 Å².